The van der Waals surface area contributed by atoms with Gasteiger partial charge in [-0.1, -0.05) is 30.4 Å². The number of Topliss-reactive ketones (excluding diaryl/α,β-unsaturated/α-hetero) is 1. The number of nitrogens with zero attached hydrogens (tertiary/aromatic N) is 6. The molecule has 0 aliphatic carbocycles. The summed E-state index contributed by atoms with van der Waals surface area (Å²) in [5.41, 5.74) is 2.84. The van der Waals surface area contributed by atoms with Crippen molar-refractivity contribution in [1.29, 1.82) is 0 Å². The van der Waals surface area contributed by atoms with Crippen molar-refractivity contribution in [2.45, 2.75) is 51.6 Å². The van der Waals surface area contributed by atoms with Crippen LogP contribution < -0.4 is 5.56 Å². The van der Waals surface area contributed by atoms with Crippen LogP contribution in [0, 0.1) is 24.4 Å². The lowest BCUT2D eigenvalue weighted by Gasteiger charge is -2.35. The first-order valence-electron chi connectivity index (χ1n) is 17.3. The molecule has 3 aromatic carbocycles. The van der Waals surface area contributed by atoms with E-state index >= 15 is 4.39 Å². The summed E-state index contributed by atoms with van der Waals surface area (Å²) in [4.78, 5) is 52.3. The van der Waals surface area contributed by atoms with Gasteiger partial charge in [-0.3, -0.25) is 19.1 Å². The highest BCUT2D eigenvalue weighted by atomic mass is 19.2. The number of ketones is 1. The van der Waals surface area contributed by atoms with Crippen LogP contribution in [0.15, 0.2) is 71.7 Å². The minimum Gasteiger partial charge on any atom is -0.339 e. The summed E-state index contributed by atoms with van der Waals surface area (Å²) < 4.78 is 45.1. The van der Waals surface area contributed by atoms with Crippen LogP contribution in [0.5, 0.6) is 0 Å². The third-order valence-corrected chi connectivity index (χ3v) is 9.94. The van der Waals surface area contributed by atoms with Gasteiger partial charge in [0.25, 0.3) is 11.5 Å². The smallest absolute Gasteiger partial charge is 0.278 e. The van der Waals surface area contributed by atoms with E-state index in [-0.39, 0.29) is 41.8 Å². The fraction of sp³-hybridized carbons (Fsp3) is 0.325. The molecular formula is C40H41F3N6O3. The Balaban J connectivity index is 1.05. The first-order chi connectivity index (χ1) is 24.9. The zero-order chi connectivity index (χ0) is 37.1. The summed E-state index contributed by atoms with van der Waals surface area (Å²) in [5, 5.41) is 0.813. The molecule has 1 aliphatic heterocycles. The van der Waals surface area contributed by atoms with Crippen molar-refractivity contribution in [3.05, 3.63) is 134 Å². The molecule has 3 heterocycles. The summed E-state index contributed by atoms with van der Waals surface area (Å²) in [5.74, 6) is -2.61. The molecule has 0 saturated carbocycles. The van der Waals surface area contributed by atoms with E-state index in [4.69, 9.17) is 0 Å². The lowest BCUT2D eigenvalue weighted by Crippen LogP contribution is -2.44. The molecule has 6 rings (SSSR count). The van der Waals surface area contributed by atoms with Gasteiger partial charge < -0.3 is 9.80 Å². The maximum Gasteiger partial charge on any atom is 0.278 e. The highest BCUT2D eigenvalue weighted by Gasteiger charge is 2.26. The van der Waals surface area contributed by atoms with Crippen molar-refractivity contribution in [3.63, 3.8) is 0 Å². The van der Waals surface area contributed by atoms with Gasteiger partial charge in [0.1, 0.15) is 17.2 Å². The van der Waals surface area contributed by atoms with Gasteiger partial charge in [0.05, 0.1) is 17.6 Å². The van der Waals surface area contributed by atoms with E-state index in [9.17, 15) is 23.2 Å². The van der Waals surface area contributed by atoms with Crippen molar-refractivity contribution >= 4 is 28.7 Å². The molecule has 0 radical (unpaired) electrons. The molecule has 12 heteroatoms. The van der Waals surface area contributed by atoms with Crippen LogP contribution in [0.2, 0.25) is 0 Å². The van der Waals surface area contributed by atoms with Crippen molar-refractivity contribution in [2.24, 2.45) is 7.05 Å². The predicted octanol–water partition coefficient (Wildman–Crippen LogP) is 6.34. The van der Waals surface area contributed by atoms with Crippen molar-refractivity contribution in [1.82, 2.24) is 29.1 Å². The van der Waals surface area contributed by atoms with E-state index in [1.807, 2.05) is 30.4 Å². The Morgan fingerprint density at radius 1 is 0.942 bits per heavy atom. The van der Waals surface area contributed by atoms with Gasteiger partial charge in [-0.05, 0) is 99.4 Å². The van der Waals surface area contributed by atoms with E-state index in [1.54, 1.807) is 48.9 Å². The lowest BCUT2D eigenvalue weighted by atomic mass is 10.0. The molecule has 0 N–H and O–H groups in total. The Kier molecular flexibility index (Phi) is 10.8. The normalized spacial score (nSPS) is 14.1. The number of fused-ring (bicyclic) bond motifs is 1. The van der Waals surface area contributed by atoms with Crippen LogP contribution >= 0.6 is 0 Å². The van der Waals surface area contributed by atoms with Crippen LogP contribution in [-0.4, -0.2) is 74.0 Å². The molecule has 9 nitrogen and oxygen atoms in total. The highest BCUT2D eigenvalue weighted by molar-refractivity contribution is 5.97. The number of benzene rings is 3. The first kappa shape index (κ1) is 36.4. The monoisotopic (exact) mass is 710 g/mol. The molecule has 270 valence electrons. The topological polar surface area (TPSA) is 93.3 Å². The minimum atomic E-state index is -1.000. The van der Waals surface area contributed by atoms with Crippen LogP contribution in [0.3, 0.4) is 0 Å². The number of hydrogen-bond donors (Lipinski definition) is 0. The maximum atomic E-state index is 15.1. The Morgan fingerprint density at radius 3 is 2.40 bits per heavy atom. The average Bonchev–Trinajstić information content (AvgIpc) is 3.34. The van der Waals surface area contributed by atoms with Crippen molar-refractivity contribution in [3.8, 4) is 0 Å². The molecule has 1 amide bonds. The summed E-state index contributed by atoms with van der Waals surface area (Å²) in [7, 11) is 5.45. The third kappa shape index (κ3) is 7.91. The van der Waals surface area contributed by atoms with Crippen LogP contribution in [0.25, 0.3) is 17.0 Å². The van der Waals surface area contributed by atoms with Gasteiger partial charge in [0.15, 0.2) is 17.4 Å². The molecular weight excluding hydrogens is 669 g/mol. The summed E-state index contributed by atoms with van der Waals surface area (Å²) in [6.45, 7) is 3.50. The van der Waals surface area contributed by atoms with E-state index < -0.39 is 23.0 Å². The van der Waals surface area contributed by atoms with E-state index in [2.05, 4.69) is 21.9 Å². The highest BCUT2D eigenvalue weighted by Crippen LogP contribution is 2.21. The summed E-state index contributed by atoms with van der Waals surface area (Å²) >= 11 is 0. The number of piperidine rings is 1. The van der Waals surface area contributed by atoms with Crippen LogP contribution in [0.4, 0.5) is 13.2 Å². The second-order valence-electron chi connectivity index (χ2n) is 13.5. The molecule has 0 bridgehead atoms. The Morgan fingerprint density at radius 2 is 1.67 bits per heavy atom. The molecule has 2 aromatic heterocycles. The summed E-state index contributed by atoms with van der Waals surface area (Å²) in [6, 6.07) is 13.9. The van der Waals surface area contributed by atoms with Crippen molar-refractivity contribution in [2.75, 3.05) is 27.2 Å². The summed E-state index contributed by atoms with van der Waals surface area (Å²) in [6.07, 6.45) is 8.02. The molecule has 0 atom stereocenters. The van der Waals surface area contributed by atoms with E-state index in [0.29, 0.717) is 35.5 Å². The molecule has 5 aromatic rings. The first-order valence-corrected chi connectivity index (χ1v) is 17.3. The zero-order valence-electron chi connectivity index (χ0n) is 29.7. The third-order valence-electron chi connectivity index (χ3n) is 9.94. The number of aromatic nitrogens is 4. The fourth-order valence-corrected chi connectivity index (χ4v) is 6.67. The average molecular weight is 711 g/mol. The number of halogens is 3. The zero-order valence-corrected chi connectivity index (χ0v) is 29.7. The predicted molar refractivity (Wildman–Crippen MR) is 194 cm³/mol. The molecule has 1 saturated heterocycles. The van der Waals surface area contributed by atoms with E-state index in [1.165, 1.54) is 16.8 Å². The molecule has 0 unspecified atom stereocenters. The lowest BCUT2D eigenvalue weighted by molar-refractivity contribution is 0.0655. The van der Waals surface area contributed by atoms with Gasteiger partial charge in [-0.15, -0.1) is 0 Å². The molecule has 0 spiro atoms. The quantitative estimate of drug-likeness (QED) is 0.149. The molecule has 1 fully saturated rings. The Bertz CT molecular complexity index is 2240. The second kappa shape index (κ2) is 15.5. The number of amides is 1. The molecule has 52 heavy (non-hydrogen) atoms. The fourth-order valence-electron chi connectivity index (χ4n) is 6.67. The number of hydrogen-bond acceptors (Lipinski definition) is 6. The minimum absolute atomic E-state index is 0.00156. The Hall–Kier alpha value is -5.36. The molecule has 1 aliphatic rings. The van der Waals surface area contributed by atoms with Crippen molar-refractivity contribution < 1.29 is 22.8 Å². The largest absolute Gasteiger partial charge is 0.339 e. The van der Waals surface area contributed by atoms with Crippen LogP contribution in [0.1, 0.15) is 74.6 Å². The van der Waals surface area contributed by atoms with Gasteiger partial charge in [-0.2, -0.15) is 0 Å². The van der Waals surface area contributed by atoms with Crippen LogP contribution in [-0.2, 0) is 20.0 Å². The standard InChI is InChI=1S/C40H41F3N6O3/c1-25-38(40(52)49(48(25)4)24-28-10-13-32(41)34(43)21-28)36(50)8-6-5-7-26-11-14-35-29(19-26)23-44-37(45-35)22-27-9-12-31(33(42)20-27)39(51)47(3)30-15-17-46(2)18-16-30/h5,7,9-14,19-21,23,30H,6,8,15-18,22,24H2,1-4H3/b7-5+. The number of carbonyl (C=O) groups is 2. The number of rotatable bonds is 11. The van der Waals surface area contributed by atoms with Gasteiger partial charge in [-0.25, -0.2) is 27.8 Å². The number of carbonyl (C=O) groups excluding carboxylic acids is 2. The van der Waals surface area contributed by atoms with Gasteiger partial charge >= 0.3 is 0 Å². The van der Waals surface area contributed by atoms with E-state index in [0.717, 1.165) is 54.5 Å². The Labute approximate surface area is 300 Å². The maximum absolute atomic E-state index is 15.1. The van der Waals surface area contributed by atoms with Gasteiger partial charge in [0.2, 0.25) is 0 Å². The van der Waals surface area contributed by atoms with Gasteiger partial charge in [0, 0.05) is 50.3 Å². The number of likely N-dealkylation sites (tertiary alicyclic amines) is 1. The SMILES string of the molecule is Cc1c(C(=O)CC/C=C/c2ccc3nc(Cc4ccc(C(=O)N(C)C5CCN(C)CC5)c(F)c4)ncc3c2)c(=O)n(Cc2ccc(F)c(F)c2)n1C. The second-order valence-corrected chi connectivity index (χ2v) is 13.5. The number of allylic oxidation sites excluding steroid dienone is 1.